The summed E-state index contributed by atoms with van der Waals surface area (Å²) in [7, 11) is 1.32. The second kappa shape index (κ2) is 10.6. The summed E-state index contributed by atoms with van der Waals surface area (Å²) in [5.74, 6) is 1.34. The maximum absolute atomic E-state index is 12.5. The number of para-hydroxylation sites is 1. The van der Waals surface area contributed by atoms with Gasteiger partial charge in [0.1, 0.15) is 5.82 Å². The second-order valence-electron chi connectivity index (χ2n) is 9.01. The Hall–Kier alpha value is -3.18. The Morgan fingerprint density at radius 2 is 1.74 bits per heavy atom. The number of aromatic nitrogens is 2. The van der Waals surface area contributed by atoms with E-state index in [0.717, 1.165) is 48.9 Å². The number of furan rings is 1. The normalized spacial score (nSPS) is 18.4. The van der Waals surface area contributed by atoms with Gasteiger partial charge in [0.2, 0.25) is 16.8 Å². The number of carbonyl (C=O) groups excluding carboxylic acids is 1. The Morgan fingerprint density at radius 3 is 2.43 bits per heavy atom. The van der Waals surface area contributed by atoms with Gasteiger partial charge in [-0.05, 0) is 61.8 Å². The lowest BCUT2D eigenvalue weighted by molar-refractivity contribution is 0.0559. The monoisotopic (exact) mass is 501 g/mol. The molecule has 0 unspecified atom stereocenters. The van der Waals surface area contributed by atoms with Crippen molar-refractivity contribution < 1.29 is 22.4 Å². The van der Waals surface area contributed by atoms with Crippen LogP contribution < -0.4 is 14.9 Å². The van der Waals surface area contributed by atoms with Gasteiger partial charge < -0.3 is 19.4 Å². The van der Waals surface area contributed by atoms with Crippen LogP contribution in [0.15, 0.2) is 45.9 Å². The minimum Gasteiger partial charge on any atom is -0.463 e. The van der Waals surface area contributed by atoms with E-state index < -0.39 is 16.0 Å². The highest BCUT2D eigenvalue weighted by atomic mass is 32.2. The van der Waals surface area contributed by atoms with Gasteiger partial charge in [0.15, 0.2) is 0 Å². The zero-order chi connectivity index (χ0) is 25.0. The molecule has 0 spiro atoms. The largest absolute Gasteiger partial charge is 0.463 e. The number of hydrogen-bond acceptors (Lipinski definition) is 9. The predicted octanol–water partition coefficient (Wildman–Crippen LogP) is 3.27. The van der Waals surface area contributed by atoms with E-state index in [1.165, 1.54) is 19.2 Å². The van der Waals surface area contributed by atoms with Gasteiger partial charge in [-0.3, -0.25) is 0 Å². The Kier molecular flexibility index (Phi) is 7.56. The summed E-state index contributed by atoms with van der Waals surface area (Å²) in [5, 5.41) is 4.13. The van der Waals surface area contributed by atoms with Crippen molar-refractivity contribution in [3.05, 3.63) is 42.2 Å². The quantitative estimate of drug-likeness (QED) is 0.425. The zero-order valence-electron chi connectivity index (χ0n) is 20.2. The lowest BCUT2D eigenvalue weighted by Crippen LogP contribution is -2.32. The maximum Gasteiger partial charge on any atom is 0.374 e. The highest BCUT2D eigenvalue weighted by Crippen LogP contribution is 2.30. The third kappa shape index (κ3) is 5.91. The Balaban J connectivity index is 1.27. The Morgan fingerprint density at radius 1 is 1.06 bits per heavy atom. The molecule has 3 aromatic rings. The van der Waals surface area contributed by atoms with Crippen molar-refractivity contribution in [3.63, 3.8) is 0 Å². The fourth-order valence-corrected chi connectivity index (χ4v) is 5.37. The second-order valence-corrected chi connectivity index (χ2v) is 10.7. The zero-order valence-corrected chi connectivity index (χ0v) is 21.0. The third-order valence-corrected chi connectivity index (χ3v) is 7.61. The van der Waals surface area contributed by atoms with Crippen LogP contribution in [0.2, 0.25) is 0 Å². The molecule has 1 fully saturated rings. The van der Waals surface area contributed by atoms with Crippen LogP contribution in [-0.4, -0.2) is 58.6 Å². The molecule has 1 saturated carbocycles. The summed E-state index contributed by atoms with van der Waals surface area (Å²) in [4.78, 5) is 22.8. The van der Waals surface area contributed by atoms with E-state index in [9.17, 15) is 13.2 Å². The summed E-state index contributed by atoms with van der Waals surface area (Å²) in [6.45, 7) is 1.10. The molecule has 1 aliphatic rings. The molecule has 0 atom stereocenters. The van der Waals surface area contributed by atoms with Gasteiger partial charge in [-0.1, -0.05) is 12.1 Å². The summed E-state index contributed by atoms with van der Waals surface area (Å²) in [6.07, 6.45) is 3.81. The van der Waals surface area contributed by atoms with E-state index in [4.69, 9.17) is 9.40 Å². The first kappa shape index (κ1) is 24.9. The van der Waals surface area contributed by atoms with Crippen molar-refractivity contribution in [3.8, 4) is 0 Å². The number of rotatable bonds is 9. The summed E-state index contributed by atoms with van der Waals surface area (Å²) < 4.78 is 37.3. The van der Waals surface area contributed by atoms with Crippen molar-refractivity contribution in [2.24, 2.45) is 11.8 Å². The van der Waals surface area contributed by atoms with Crippen LogP contribution >= 0.6 is 0 Å². The summed E-state index contributed by atoms with van der Waals surface area (Å²) in [6, 6.07) is 10.5. The molecule has 0 aliphatic heterocycles. The topological polar surface area (TPSA) is 127 Å². The van der Waals surface area contributed by atoms with Gasteiger partial charge in [-0.2, -0.15) is 4.98 Å². The number of anilines is 2. The minimum absolute atomic E-state index is 0.144. The standard InChI is InChI=1S/C24H31N5O5S/c1-29(2)22-18-6-4-5-7-19(18)27-24(28-22)25-14-16-8-10-17(11-9-16)15-26-35(31,32)21-13-12-20(34-21)23(30)33-3/h4-7,12-13,16-17,26H,8-11,14-15H2,1-3H3,(H,25,27,28). The molecule has 35 heavy (non-hydrogen) atoms. The number of ether oxygens (including phenoxy) is 1. The number of benzene rings is 1. The average Bonchev–Trinajstić information content (AvgIpc) is 3.37. The number of hydrogen-bond donors (Lipinski definition) is 2. The van der Waals surface area contributed by atoms with E-state index in [-0.39, 0.29) is 16.8 Å². The molecule has 188 valence electrons. The predicted molar refractivity (Wildman–Crippen MR) is 133 cm³/mol. The van der Waals surface area contributed by atoms with Crippen LogP contribution in [0.5, 0.6) is 0 Å². The van der Waals surface area contributed by atoms with E-state index in [0.29, 0.717) is 18.4 Å². The van der Waals surface area contributed by atoms with Gasteiger partial charge in [0.25, 0.3) is 10.0 Å². The first-order chi connectivity index (χ1) is 16.8. The SMILES string of the molecule is COC(=O)c1ccc(S(=O)(=O)NCC2CCC(CNc3nc(N(C)C)c4ccccc4n3)CC2)o1. The van der Waals surface area contributed by atoms with Crippen molar-refractivity contribution in [2.75, 3.05) is 44.5 Å². The molecule has 10 nitrogen and oxygen atoms in total. The number of sulfonamides is 1. The third-order valence-electron chi connectivity index (χ3n) is 6.32. The van der Waals surface area contributed by atoms with Crippen molar-refractivity contribution in [1.29, 1.82) is 0 Å². The molecule has 4 rings (SSSR count). The molecule has 0 saturated heterocycles. The fourth-order valence-electron chi connectivity index (χ4n) is 4.33. The Bertz CT molecular complexity index is 1280. The first-order valence-electron chi connectivity index (χ1n) is 11.6. The van der Waals surface area contributed by atoms with Crippen LogP contribution in [0.25, 0.3) is 10.9 Å². The summed E-state index contributed by atoms with van der Waals surface area (Å²) in [5.41, 5.74) is 0.903. The summed E-state index contributed by atoms with van der Waals surface area (Å²) >= 11 is 0. The van der Waals surface area contributed by atoms with E-state index >= 15 is 0 Å². The number of nitrogens with zero attached hydrogens (tertiary/aromatic N) is 3. The number of methoxy groups -OCH3 is 1. The molecule has 2 heterocycles. The molecule has 0 bridgehead atoms. The van der Waals surface area contributed by atoms with Crippen LogP contribution in [-0.2, 0) is 14.8 Å². The molecule has 11 heteroatoms. The van der Waals surface area contributed by atoms with Crippen molar-refractivity contribution in [1.82, 2.24) is 14.7 Å². The number of esters is 1. The van der Waals surface area contributed by atoms with Gasteiger partial charge in [0.05, 0.1) is 12.6 Å². The molecule has 0 amide bonds. The molecule has 1 aromatic carbocycles. The van der Waals surface area contributed by atoms with Gasteiger partial charge >= 0.3 is 5.97 Å². The molecule has 2 aromatic heterocycles. The molecule has 0 radical (unpaired) electrons. The van der Waals surface area contributed by atoms with Crippen LogP contribution in [0, 0.1) is 11.8 Å². The van der Waals surface area contributed by atoms with Gasteiger partial charge in [0, 0.05) is 32.6 Å². The van der Waals surface area contributed by atoms with Crippen LogP contribution in [0.3, 0.4) is 0 Å². The Labute approximate surface area is 205 Å². The number of fused-ring (bicyclic) bond motifs is 1. The maximum atomic E-state index is 12.5. The van der Waals surface area contributed by atoms with E-state index in [1.807, 2.05) is 43.3 Å². The molecular weight excluding hydrogens is 470 g/mol. The van der Waals surface area contributed by atoms with Gasteiger partial charge in [-0.25, -0.2) is 22.9 Å². The lowest BCUT2D eigenvalue weighted by atomic mass is 9.82. The number of carbonyl (C=O) groups is 1. The minimum atomic E-state index is -3.83. The number of nitrogens with one attached hydrogen (secondary N) is 2. The first-order valence-corrected chi connectivity index (χ1v) is 13.1. The van der Waals surface area contributed by atoms with Gasteiger partial charge in [-0.15, -0.1) is 0 Å². The highest BCUT2D eigenvalue weighted by Gasteiger charge is 2.26. The average molecular weight is 502 g/mol. The van der Waals surface area contributed by atoms with Crippen molar-refractivity contribution in [2.45, 2.75) is 30.8 Å². The van der Waals surface area contributed by atoms with Crippen molar-refractivity contribution >= 4 is 38.7 Å². The fraction of sp³-hybridized carbons (Fsp3) is 0.458. The molecular formula is C24H31N5O5S. The lowest BCUT2D eigenvalue weighted by Gasteiger charge is -2.28. The molecule has 2 N–H and O–H groups in total. The highest BCUT2D eigenvalue weighted by molar-refractivity contribution is 7.89. The smallest absolute Gasteiger partial charge is 0.374 e. The van der Waals surface area contributed by atoms with Crippen LogP contribution in [0.1, 0.15) is 36.2 Å². The molecule has 1 aliphatic carbocycles. The van der Waals surface area contributed by atoms with E-state index in [2.05, 4.69) is 19.8 Å². The van der Waals surface area contributed by atoms with E-state index in [1.54, 1.807) is 0 Å². The van der Waals surface area contributed by atoms with Crippen LogP contribution in [0.4, 0.5) is 11.8 Å².